The summed E-state index contributed by atoms with van der Waals surface area (Å²) in [6.45, 7) is 4.31. The van der Waals surface area contributed by atoms with Gasteiger partial charge in [-0.05, 0) is 44.0 Å². The molecule has 0 saturated heterocycles. The zero-order chi connectivity index (χ0) is 21.3. The number of thioether (sulfide) groups is 1. The third-order valence-electron chi connectivity index (χ3n) is 4.28. The van der Waals surface area contributed by atoms with E-state index in [9.17, 15) is 9.59 Å². The van der Waals surface area contributed by atoms with Gasteiger partial charge in [0.1, 0.15) is 0 Å². The van der Waals surface area contributed by atoms with Gasteiger partial charge in [0.15, 0.2) is 5.16 Å². The number of aromatic nitrogens is 2. The maximum atomic E-state index is 12.6. The predicted molar refractivity (Wildman–Crippen MR) is 120 cm³/mol. The van der Waals surface area contributed by atoms with Gasteiger partial charge in [-0.2, -0.15) is 0 Å². The fraction of sp³-hybridized carbons (Fsp3) is 0.217. The van der Waals surface area contributed by atoms with Crippen molar-refractivity contribution in [2.45, 2.75) is 25.4 Å². The van der Waals surface area contributed by atoms with E-state index in [-0.39, 0.29) is 17.6 Å². The first-order valence-electron chi connectivity index (χ1n) is 9.67. The number of amides is 2. The topological polar surface area (TPSA) is 84.0 Å². The number of hydrogen-bond acceptors (Lipinski definition) is 5. The van der Waals surface area contributed by atoms with Crippen molar-refractivity contribution in [2.75, 3.05) is 17.6 Å². The van der Waals surface area contributed by atoms with Crippen molar-refractivity contribution < 1.29 is 9.59 Å². The Hall–Kier alpha value is -3.19. The Morgan fingerprint density at radius 3 is 2.33 bits per heavy atom. The molecule has 0 spiro atoms. The number of nitrogens with one attached hydrogen (secondary N) is 2. The highest BCUT2D eigenvalue weighted by atomic mass is 32.2. The Morgan fingerprint density at radius 2 is 1.60 bits per heavy atom. The highest BCUT2D eigenvalue weighted by Gasteiger charge is 2.13. The number of hydrogen-bond donors (Lipinski definition) is 2. The summed E-state index contributed by atoms with van der Waals surface area (Å²) >= 11 is 1.27. The van der Waals surface area contributed by atoms with Crippen LogP contribution in [0.15, 0.2) is 65.8 Å². The molecule has 7 heteroatoms. The van der Waals surface area contributed by atoms with E-state index in [4.69, 9.17) is 0 Å². The molecule has 6 nitrogen and oxygen atoms in total. The summed E-state index contributed by atoms with van der Waals surface area (Å²) in [7, 11) is 0. The minimum atomic E-state index is -0.216. The largest absolute Gasteiger partial charge is 0.352 e. The van der Waals surface area contributed by atoms with Crippen molar-refractivity contribution in [1.29, 1.82) is 0 Å². The Bertz CT molecular complexity index is 1000. The summed E-state index contributed by atoms with van der Waals surface area (Å²) in [4.78, 5) is 33.7. The third-order valence-corrected chi connectivity index (χ3v) is 5.13. The van der Waals surface area contributed by atoms with Crippen molar-refractivity contribution in [3.8, 4) is 0 Å². The van der Waals surface area contributed by atoms with Crippen molar-refractivity contribution in [3.63, 3.8) is 0 Å². The summed E-state index contributed by atoms with van der Waals surface area (Å²) in [6.07, 6.45) is 0.744. The van der Waals surface area contributed by atoms with Gasteiger partial charge in [0.05, 0.1) is 17.0 Å². The highest BCUT2D eigenvalue weighted by molar-refractivity contribution is 7.99. The van der Waals surface area contributed by atoms with Crippen molar-refractivity contribution >= 4 is 29.3 Å². The van der Waals surface area contributed by atoms with Crippen LogP contribution >= 0.6 is 11.8 Å². The molecule has 0 atom stereocenters. The van der Waals surface area contributed by atoms with E-state index in [2.05, 4.69) is 20.6 Å². The number of rotatable bonds is 8. The molecular formula is C23H24N4O2S. The first-order valence-corrected chi connectivity index (χ1v) is 10.7. The average Bonchev–Trinajstić information content (AvgIpc) is 2.73. The van der Waals surface area contributed by atoms with Gasteiger partial charge in [-0.15, -0.1) is 0 Å². The summed E-state index contributed by atoms with van der Waals surface area (Å²) in [5.41, 5.74) is 3.81. The first-order chi connectivity index (χ1) is 14.5. The second-order valence-electron chi connectivity index (χ2n) is 6.81. The molecular weight excluding hydrogens is 396 g/mol. The lowest BCUT2D eigenvalue weighted by Crippen LogP contribution is -2.27. The molecule has 3 rings (SSSR count). The molecule has 3 aromatic rings. The molecule has 0 bridgehead atoms. The zero-order valence-electron chi connectivity index (χ0n) is 17.0. The van der Waals surface area contributed by atoms with Crippen LogP contribution in [0.4, 0.5) is 5.69 Å². The SMILES string of the molecule is Cc1cc(C)nc(SCC(=O)Nc2ccccc2C(=O)NCCc2ccccc2)n1. The van der Waals surface area contributed by atoms with Crippen LogP contribution in [0.2, 0.25) is 0 Å². The van der Waals surface area contributed by atoms with Crippen molar-refractivity contribution in [2.24, 2.45) is 0 Å². The lowest BCUT2D eigenvalue weighted by Gasteiger charge is -2.11. The lowest BCUT2D eigenvalue weighted by atomic mass is 10.1. The van der Waals surface area contributed by atoms with E-state index in [1.807, 2.05) is 50.2 Å². The lowest BCUT2D eigenvalue weighted by molar-refractivity contribution is -0.113. The third kappa shape index (κ3) is 6.42. The van der Waals surface area contributed by atoms with Gasteiger partial charge in [0.25, 0.3) is 5.91 Å². The molecule has 154 valence electrons. The highest BCUT2D eigenvalue weighted by Crippen LogP contribution is 2.18. The molecule has 1 aromatic heterocycles. The molecule has 2 aromatic carbocycles. The van der Waals surface area contributed by atoms with Gasteiger partial charge >= 0.3 is 0 Å². The summed E-state index contributed by atoms with van der Waals surface area (Å²) in [6, 6.07) is 18.8. The fourth-order valence-electron chi connectivity index (χ4n) is 2.92. The van der Waals surface area contributed by atoms with Crippen LogP contribution in [0.1, 0.15) is 27.3 Å². The number of nitrogens with zero attached hydrogens (tertiary/aromatic N) is 2. The maximum absolute atomic E-state index is 12.6. The smallest absolute Gasteiger partial charge is 0.253 e. The van der Waals surface area contributed by atoms with E-state index in [0.717, 1.165) is 23.4 Å². The average molecular weight is 421 g/mol. The molecule has 2 N–H and O–H groups in total. The number of carbonyl (C=O) groups is 2. The molecule has 0 aliphatic carbocycles. The van der Waals surface area contributed by atoms with E-state index in [1.165, 1.54) is 11.8 Å². The Labute approximate surface area is 180 Å². The van der Waals surface area contributed by atoms with Crippen LogP contribution in [0.5, 0.6) is 0 Å². The Kier molecular flexibility index (Phi) is 7.57. The van der Waals surface area contributed by atoms with E-state index in [1.54, 1.807) is 24.3 Å². The van der Waals surface area contributed by atoms with Crippen molar-refractivity contribution in [1.82, 2.24) is 15.3 Å². The monoisotopic (exact) mass is 420 g/mol. The van der Waals surface area contributed by atoms with Gasteiger partial charge < -0.3 is 10.6 Å². The van der Waals surface area contributed by atoms with Crippen LogP contribution in [0, 0.1) is 13.8 Å². The number of aryl methyl sites for hydroxylation is 2. The van der Waals surface area contributed by atoms with E-state index < -0.39 is 0 Å². The molecule has 0 fully saturated rings. The molecule has 0 aliphatic heterocycles. The number of anilines is 1. The van der Waals surface area contributed by atoms with Gasteiger partial charge in [0.2, 0.25) is 5.91 Å². The standard InChI is InChI=1S/C23H24N4O2S/c1-16-14-17(2)26-23(25-16)30-15-21(28)27-20-11-7-6-10-19(20)22(29)24-13-12-18-8-4-3-5-9-18/h3-11,14H,12-13,15H2,1-2H3,(H,24,29)(H,27,28). The first kappa shape index (κ1) is 21.5. The second-order valence-corrected chi connectivity index (χ2v) is 7.75. The molecule has 2 amide bonds. The minimum Gasteiger partial charge on any atom is -0.352 e. The van der Waals surface area contributed by atoms with Crippen LogP contribution in [-0.2, 0) is 11.2 Å². The number of para-hydroxylation sites is 1. The summed E-state index contributed by atoms with van der Waals surface area (Å²) < 4.78 is 0. The van der Waals surface area contributed by atoms with Gasteiger partial charge in [-0.25, -0.2) is 9.97 Å². The molecule has 0 unspecified atom stereocenters. The Balaban J connectivity index is 1.56. The summed E-state index contributed by atoms with van der Waals surface area (Å²) in [5, 5.41) is 6.30. The number of benzene rings is 2. The second kappa shape index (κ2) is 10.5. The predicted octanol–water partition coefficient (Wildman–Crippen LogP) is 3.80. The normalized spacial score (nSPS) is 10.5. The van der Waals surface area contributed by atoms with Crippen LogP contribution in [0.25, 0.3) is 0 Å². The van der Waals surface area contributed by atoms with Crippen molar-refractivity contribution in [3.05, 3.63) is 83.2 Å². The fourth-order valence-corrected chi connectivity index (χ4v) is 3.67. The van der Waals surface area contributed by atoms with Crippen LogP contribution in [-0.4, -0.2) is 34.1 Å². The summed E-state index contributed by atoms with van der Waals surface area (Å²) in [5.74, 6) is -0.272. The molecule has 30 heavy (non-hydrogen) atoms. The van der Waals surface area contributed by atoms with E-state index in [0.29, 0.717) is 23.0 Å². The Morgan fingerprint density at radius 1 is 0.933 bits per heavy atom. The molecule has 1 heterocycles. The van der Waals surface area contributed by atoms with Crippen LogP contribution < -0.4 is 10.6 Å². The van der Waals surface area contributed by atoms with Gasteiger partial charge in [-0.3, -0.25) is 9.59 Å². The minimum absolute atomic E-state index is 0.160. The van der Waals surface area contributed by atoms with Gasteiger partial charge in [0, 0.05) is 17.9 Å². The molecule has 0 saturated carbocycles. The quantitative estimate of drug-likeness (QED) is 0.428. The van der Waals surface area contributed by atoms with Crippen LogP contribution in [0.3, 0.4) is 0 Å². The van der Waals surface area contributed by atoms with Gasteiger partial charge in [-0.1, -0.05) is 54.2 Å². The molecule has 0 radical (unpaired) electrons. The maximum Gasteiger partial charge on any atom is 0.253 e. The number of carbonyl (C=O) groups excluding carboxylic acids is 2. The zero-order valence-corrected chi connectivity index (χ0v) is 17.8. The molecule has 0 aliphatic rings. The van der Waals surface area contributed by atoms with E-state index >= 15 is 0 Å².